The third-order valence-electron chi connectivity index (χ3n) is 2.94. The van der Waals surface area contributed by atoms with Crippen LogP contribution < -0.4 is 4.74 Å². The second-order valence-corrected chi connectivity index (χ2v) is 4.33. The summed E-state index contributed by atoms with van der Waals surface area (Å²) >= 11 is 0. The minimum atomic E-state index is -0.972. The summed E-state index contributed by atoms with van der Waals surface area (Å²) in [7, 11) is 0. The monoisotopic (exact) mass is 230 g/mol. The van der Waals surface area contributed by atoms with E-state index in [2.05, 4.69) is 17.1 Å². The van der Waals surface area contributed by atoms with E-state index in [-0.39, 0.29) is 6.61 Å². The SMILES string of the molecule is O=C(O)COc1c[c]cc2[nH]c(C3CC3)cc12. The molecule has 1 saturated carbocycles. The predicted octanol–water partition coefficient (Wildman–Crippen LogP) is 2.31. The van der Waals surface area contributed by atoms with Gasteiger partial charge in [-0.25, -0.2) is 4.79 Å². The number of carboxylic acids is 1. The Morgan fingerprint density at radius 3 is 3.06 bits per heavy atom. The number of H-pyrrole nitrogens is 1. The number of carbonyl (C=O) groups is 1. The molecule has 0 amide bonds. The molecular weight excluding hydrogens is 218 g/mol. The van der Waals surface area contributed by atoms with E-state index in [0.717, 1.165) is 10.9 Å². The highest BCUT2D eigenvalue weighted by Crippen LogP contribution is 2.41. The number of aromatic nitrogens is 1. The molecule has 0 saturated heterocycles. The summed E-state index contributed by atoms with van der Waals surface area (Å²) in [5.41, 5.74) is 2.16. The fourth-order valence-corrected chi connectivity index (χ4v) is 1.96. The molecule has 0 unspecified atom stereocenters. The number of ether oxygens (including phenoxy) is 1. The molecule has 1 aliphatic rings. The number of aromatic amines is 1. The van der Waals surface area contributed by atoms with Gasteiger partial charge in [0, 0.05) is 16.6 Å². The van der Waals surface area contributed by atoms with Gasteiger partial charge in [0.1, 0.15) is 5.75 Å². The fourth-order valence-electron chi connectivity index (χ4n) is 1.96. The van der Waals surface area contributed by atoms with Crippen molar-refractivity contribution >= 4 is 16.9 Å². The van der Waals surface area contributed by atoms with E-state index in [1.165, 1.54) is 18.5 Å². The first-order chi connectivity index (χ1) is 8.24. The summed E-state index contributed by atoms with van der Waals surface area (Å²) in [5, 5.41) is 9.54. The Kier molecular flexibility index (Phi) is 2.28. The van der Waals surface area contributed by atoms with Crippen molar-refractivity contribution in [2.24, 2.45) is 0 Å². The molecule has 1 aliphatic carbocycles. The van der Waals surface area contributed by atoms with Crippen molar-refractivity contribution in [3.8, 4) is 5.75 Å². The summed E-state index contributed by atoms with van der Waals surface area (Å²) in [5.74, 6) is 0.239. The molecule has 2 aromatic rings. The standard InChI is InChI=1S/C13H12NO3/c15-13(16)7-17-12-3-1-2-10-9(12)6-11(14-10)8-4-5-8/h2-3,6,8,14H,4-5,7H2,(H,15,16). The second kappa shape index (κ2) is 3.80. The molecule has 17 heavy (non-hydrogen) atoms. The Morgan fingerprint density at radius 2 is 2.35 bits per heavy atom. The summed E-state index contributed by atoms with van der Waals surface area (Å²) in [6.45, 7) is -0.323. The first-order valence-electron chi connectivity index (χ1n) is 5.61. The van der Waals surface area contributed by atoms with Gasteiger partial charge in [-0.05, 0) is 43.0 Å². The molecule has 87 valence electrons. The van der Waals surface area contributed by atoms with Crippen molar-refractivity contribution in [1.82, 2.24) is 4.98 Å². The Labute approximate surface area is 98.2 Å². The topological polar surface area (TPSA) is 62.3 Å². The second-order valence-electron chi connectivity index (χ2n) is 4.33. The molecule has 1 aromatic heterocycles. The molecule has 0 spiro atoms. The van der Waals surface area contributed by atoms with E-state index in [1.54, 1.807) is 6.07 Å². The van der Waals surface area contributed by atoms with Gasteiger partial charge in [-0.2, -0.15) is 0 Å². The quantitative estimate of drug-likeness (QED) is 0.847. The van der Waals surface area contributed by atoms with Gasteiger partial charge in [0.15, 0.2) is 6.61 Å². The molecule has 1 aromatic carbocycles. The number of aliphatic carboxylic acids is 1. The molecule has 3 rings (SSSR count). The number of benzene rings is 1. The zero-order valence-electron chi connectivity index (χ0n) is 9.19. The third kappa shape index (κ3) is 1.98. The maximum absolute atomic E-state index is 10.5. The molecule has 1 heterocycles. The third-order valence-corrected chi connectivity index (χ3v) is 2.94. The van der Waals surface area contributed by atoms with Crippen molar-refractivity contribution in [2.45, 2.75) is 18.8 Å². The number of rotatable bonds is 4. The maximum atomic E-state index is 10.5. The maximum Gasteiger partial charge on any atom is 0.341 e. The van der Waals surface area contributed by atoms with Gasteiger partial charge in [-0.1, -0.05) is 0 Å². The number of nitrogens with one attached hydrogen (secondary N) is 1. The van der Waals surface area contributed by atoms with Crippen LogP contribution in [0, 0.1) is 6.07 Å². The Balaban J connectivity index is 1.96. The minimum absolute atomic E-state index is 0.323. The number of fused-ring (bicyclic) bond motifs is 1. The average molecular weight is 230 g/mol. The van der Waals surface area contributed by atoms with Crippen LogP contribution in [0.2, 0.25) is 0 Å². The van der Waals surface area contributed by atoms with Crippen LogP contribution in [0.1, 0.15) is 24.5 Å². The molecule has 0 bridgehead atoms. The number of hydrogen-bond donors (Lipinski definition) is 2. The van der Waals surface area contributed by atoms with E-state index in [4.69, 9.17) is 9.84 Å². The normalized spacial score (nSPS) is 15.1. The van der Waals surface area contributed by atoms with Crippen LogP contribution in [0.4, 0.5) is 0 Å². The van der Waals surface area contributed by atoms with Crippen LogP contribution in [0.5, 0.6) is 5.75 Å². The summed E-state index contributed by atoms with van der Waals surface area (Å²) < 4.78 is 5.24. The van der Waals surface area contributed by atoms with Crippen molar-refractivity contribution in [1.29, 1.82) is 0 Å². The highest BCUT2D eigenvalue weighted by Gasteiger charge is 2.25. The van der Waals surface area contributed by atoms with Crippen molar-refractivity contribution < 1.29 is 14.6 Å². The van der Waals surface area contributed by atoms with Crippen molar-refractivity contribution in [3.05, 3.63) is 30.0 Å². The van der Waals surface area contributed by atoms with E-state index in [0.29, 0.717) is 11.7 Å². The molecular formula is C13H12NO3. The zero-order chi connectivity index (χ0) is 11.8. The lowest BCUT2D eigenvalue weighted by atomic mass is 10.2. The average Bonchev–Trinajstić information content (AvgIpc) is 3.06. The van der Waals surface area contributed by atoms with Crippen LogP contribution in [0.25, 0.3) is 10.9 Å². The first-order valence-corrected chi connectivity index (χ1v) is 5.61. The molecule has 1 radical (unpaired) electrons. The highest BCUT2D eigenvalue weighted by atomic mass is 16.5. The number of hydrogen-bond acceptors (Lipinski definition) is 2. The Bertz CT molecular complexity index is 569. The van der Waals surface area contributed by atoms with Gasteiger partial charge in [-0.3, -0.25) is 0 Å². The predicted molar refractivity (Wildman–Crippen MR) is 62.2 cm³/mol. The van der Waals surface area contributed by atoms with Crippen LogP contribution in [0.3, 0.4) is 0 Å². The van der Waals surface area contributed by atoms with Crippen molar-refractivity contribution in [2.75, 3.05) is 6.61 Å². The van der Waals surface area contributed by atoms with Crippen LogP contribution in [-0.2, 0) is 4.79 Å². The Morgan fingerprint density at radius 1 is 1.53 bits per heavy atom. The van der Waals surface area contributed by atoms with E-state index < -0.39 is 5.97 Å². The number of carboxylic acid groups (broad SMARTS) is 1. The highest BCUT2D eigenvalue weighted by molar-refractivity contribution is 5.87. The summed E-state index contributed by atoms with van der Waals surface area (Å²) in [6.07, 6.45) is 2.45. The van der Waals surface area contributed by atoms with Gasteiger partial charge in [0.25, 0.3) is 0 Å². The lowest BCUT2D eigenvalue weighted by Crippen LogP contribution is -2.09. The lowest BCUT2D eigenvalue weighted by Gasteiger charge is -2.03. The van der Waals surface area contributed by atoms with E-state index in [9.17, 15) is 4.79 Å². The molecule has 2 N–H and O–H groups in total. The lowest BCUT2D eigenvalue weighted by molar-refractivity contribution is -0.139. The zero-order valence-corrected chi connectivity index (χ0v) is 9.19. The van der Waals surface area contributed by atoms with Gasteiger partial charge in [0.05, 0.1) is 0 Å². The summed E-state index contributed by atoms with van der Waals surface area (Å²) in [6, 6.07) is 8.54. The van der Waals surface area contributed by atoms with E-state index in [1.807, 2.05) is 6.07 Å². The van der Waals surface area contributed by atoms with Gasteiger partial charge in [0.2, 0.25) is 0 Å². The largest absolute Gasteiger partial charge is 0.481 e. The molecule has 0 atom stereocenters. The summed E-state index contributed by atoms with van der Waals surface area (Å²) in [4.78, 5) is 13.8. The van der Waals surface area contributed by atoms with Gasteiger partial charge in [-0.15, -0.1) is 0 Å². The van der Waals surface area contributed by atoms with Crippen LogP contribution in [-0.4, -0.2) is 22.7 Å². The smallest absolute Gasteiger partial charge is 0.341 e. The minimum Gasteiger partial charge on any atom is -0.481 e. The van der Waals surface area contributed by atoms with Crippen LogP contribution >= 0.6 is 0 Å². The fraction of sp³-hybridized carbons (Fsp3) is 0.308. The van der Waals surface area contributed by atoms with Gasteiger partial charge >= 0.3 is 5.97 Å². The van der Waals surface area contributed by atoms with Crippen LogP contribution in [0.15, 0.2) is 18.2 Å². The molecule has 4 heteroatoms. The van der Waals surface area contributed by atoms with Gasteiger partial charge < -0.3 is 14.8 Å². The van der Waals surface area contributed by atoms with E-state index >= 15 is 0 Å². The molecule has 4 nitrogen and oxygen atoms in total. The molecule has 1 fully saturated rings. The van der Waals surface area contributed by atoms with Crippen molar-refractivity contribution in [3.63, 3.8) is 0 Å². The first kappa shape index (κ1) is 10.2. The molecule has 0 aliphatic heterocycles. The Hall–Kier alpha value is -1.97.